The molecule has 0 amide bonds. The van der Waals surface area contributed by atoms with Crippen molar-refractivity contribution in [1.29, 1.82) is 0 Å². The minimum atomic E-state index is -3.61. The fourth-order valence-corrected chi connectivity index (χ4v) is 8.25. The largest absolute Gasteiger partial charge is 0.494 e. The Balaban J connectivity index is 1.32. The highest BCUT2D eigenvalue weighted by molar-refractivity contribution is 7.92. The normalized spacial score (nSPS) is 22.2. The number of hydrogen-bond acceptors (Lipinski definition) is 10. The fourth-order valence-electron chi connectivity index (χ4n) is 7.01. The maximum Gasteiger partial charge on any atom is 0.182 e. The Labute approximate surface area is 268 Å². The number of benzene rings is 3. The lowest BCUT2D eigenvalue weighted by molar-refractivity contribution is 0.0982. The third-order valence-corrected chi connectivity index (χ3v) is 11.9. The second-order valence-electron chi connectivity index (χ2n) is 12.7. The van der Waals surface area contributed by atoms with Gasteiger partial charge in [0.05, 0.1) is 34.3 Å². The molecule has 2 unspecified atom stereocenters. The lowest BCUT2D eigenvalue weighted by Crippen LogP contribution is -2.59. The number of para-hydroxylation sites is 2. The van der Waals surface area contributed by atoms with Gasteiger partial charge in [-0.1, -0.05) is 30.3 Å². The number of piperazine rings is 1. The Morgan fingerprint density at radius 1 is 0.822 bits per heavy atom. The predicted octanol–water partition coefficient (Wildman–Crippen LogP) is 3.95. The van der Waals surface area contributed by atoms with Crippen LogP contribution < -0.4 is 30.9 Å². The molecule has 3 heterocycles. The summed E-state index contributed by atoms with van der Waals surface area (Å²) >= 11 is 0. The van der Waals surface area contributed by atoms with Crippen LogP contribution in [0.15, 0.2) is 71.6 Å². The third kappa shape index (κ3) is 5.88. The second kappa shape index (κ2) is 12.8. The Morgan fingerprint density at radius 3 is 2.13 bits per heavy atom. The molecule has 0 aromatic heterocycles. The number of fused-ring (bicyclic) bond motifs is 1. The number of sulfone groups is 1. The van der Waals surface area contributed by atoms with Crippen molar-refractivity contribution in [2.45, 2.75) is 55.3 Å². The quantitative estimate of drug-likeness (QED) is 0.397. The molecule has 4 N–H and O–H groups in total. The summed E-state index contributed by atoms with van der Waals surface area (Å²) in [5.41, 5.74) is 18.1. The maximum atomic E-state index is 13.5. The molecule has 242 valence electrons. The first-order valence-corrected chi connectivity index (χ1v) is 17.5. The number of ether oxygens (including phenoxy) is 1. The van der Waals surface area contributed by atoms with Crippen LogP contribution in [0.25, 0.3) is 0 Å². The molecule has 0 bridgehead atoms. The molecule has 0 aliphatic carbocycles. The van der Waals surface area contributed by atoms with E-state index in [1.807, 2.05) is 35.2 Å². The van der Waals surface area contributed by atoms with Gasteiger partial charge < -0.3 is 30.1 Å². The van der Waals surface area contributed by atoms with E-state index in [0.29, 0.717) is 17.5 Å². The van der Waals surface area contributed by atoms with E-state index in [-0.39, 0.29) is 4.90 Å². The molecule has 0 radical (unpaired) electrons. The van der Waals surface area contributed by atoms with Crippen molar-refractivity contribution < 1.29 is 13.2 Å². The van der Waals surface area contributed by atoms with E-state index in [1.165, 1.54) is 0 Å². The number of rotatable bonds is 7. The summed E-state index contributed by atoms with van der Waals surface area (Å²) in [6, 6.07) is 21.8. The van der Waals surface area contributed by atoms with Crippen LogP contribution in [-0.2, 0) is 9.84 Å². The van der Waals surface area contributed by atoms with E-state index in [1.54, 1.807) is 44.1 Å². The van der Waals surface area contributed by atoms with Crippen LogP contribution >= 0.6 is 0 Å². The first-order chi connectivity index (χ1) is 21.6. The van der Waals surface area contributed by atoms with Crippen LogP contribution in [0.3, 0.4) is 0 Å². The molecule has 2 saturated heterocycles. The van der Waals surface area contributed by atoms with Crippen molar-refractivity contribution in [3.63, 3.8) is 0 Å². The van der Waals surface area contributed by atoms with E-state index < -0.39 is 27.5 Å². The third-order valence-electron chi connectivity index (χ3n) is 9.74. The van der Waals surface area contributed by atoms with Crippen molar-refractivity contribution in [2.24, 2.45) is 11.5 Å². The summed E-state index contributed by atoms with van der Waals surface area (Å²) in [4.78, 5) is 11.5. The molecule has 2 atom stereocenters. The van der Waals surface area contributed by atoms with E-state index >= 15 is 0 Å². The molecule has 0 saturated carbocycles. The summed E-state index contributed by atoms with van der Waals surface area (Å²) in [5, 5.41) is -0.599. The first-order valence-electron chi connectivity index (χ1n) is 16.0. The van der Waals surface area contributed by atoms with Gasteiger partial charge >= 0.3 is 0 Å². The van der Waals surface area contributed by atoms with Gasteiger partial charge in [0.1, 0.15) is 11.9 Å². The Bertz CT molecular complexity index is 1600. The molecule has 6 rings (SSSR count). The zero-order valence-corrected chi connectivity index (χ0v) is 27.7. The maximum absolute atomic E-state index is 13.5. The smallest absolute Gasteiger partial charge is 0.182 e. The standard InChI is InChI=1S/C34H47N7O3S/c1-24(2)45(42,43)32-12-8-7-11-30(32)41-33(35)27-9-5-6-10-28(27)40(34(41)36)29-14-13-26(23-31(29)44-4)38-17-15-25(16-18-38)39-21-19-37(3)20-22-39/h5-14,23-25,33-34H,15-22,35-36H2,1-4H3. The topological polar surface area (TPSA) is 112 Å². The molecule has 3 aliphatic rings. The van der Waals surface area contributed by atoms with Crippen molar-refractivity contribution in [3.05, 3.63) is 72.3 Å². The van der Waals surface area contributed by atoms with Crippen molar-refractivity contribution >= 4 is 32.6 Å². The van der Waals surface area contributed by atoms with Crippen LogP contribution in [-0.4, -0.2) is 89.2 Å². The first kappa shape index (κ1) is 31.6. The minimum absolute atomic E-state index is 0.215. The molecule has 3 aromatic carbocycles. The number of anilines is 4. The lowest BCUT2D eigenvalue weighted by Gasteiger charge is -2.48. The SMILES string of the molecule is COc1cc(N2CCC(N3CCN(C)CC3)CC2)ccc1N1c2ccccc2C(N)N(c2ccccc2S(=O)(=O)C(C)C)C1N. The summed E-state index contributed by atoms with van der Waals surface area (Å²) in [6.07, 6.45) is 0.813. The molecule has 10 nitrogen and oxygen atoms in total. The number of nitrogens with two attached hydrogens (primary N) is 2. The molecule has 2 fully saturated rings. The Hall–Kier alpha value is -3.35. The van der Waals surface area contributed by atoms with Gasteiger partial charge in [0.2, 0.25) is 0 Å². The number of likely N-dealkylation sites (N-methyl/N-ethyl adjacent to an activating group) is 1. The van der Waals surface area contributed by atoms with E-state index in [0.717, 1.165) is 74.7 Å². The average Bonchev–Trinajstić information content (AvgIpc) is 3.05. The van der Waals surface area contributed by atoms with Gasteiger partial charge in [-0.3, -0.25) is 10.6 Å². The molecule has 0 spiro atoms. The van der Waals surface area contributed by atoms with Gasteiger partial charge in [0.25, 0.3) is 0 Å². The summed E-state index contributed by atoms with van der Waals surface area (Å²) in [6.45, 7) is 9.94. The van der Waals surface area contributed by atoms with Gasteiger partial charge in [-0.2, -0.15) is 0 Å². The number of piperidine rings is 1. The molecule has 3 aliphatic heterocycles. The van der Waals surface area contributed by atoms with Crippen LogP contribution in [0, 0.1) is 0 Å². The van der Waals surface area contributed by atoms with Gasteiger partial charge in [-0.15, -0.1) is 0 Å². The van der Waals surface area contributed by atoms with E-state index in [9.17, 15) is 8.42 Å². The Morgan fingerprint density at radius 2 is 1.47 bits per heavy atom. The van der Waals surface area contributed by atoms with Gasteiger partial charge in [-0.25, -0.2) is 8.42 Å². The number of methoxy groups -OCH3 is 1. The zero-order chi connectivity index (χ0) is 31.9. The van der Waals surface area contributed by atoms with Gasteiger partial charge in [0, 0.05) is 62.6 Å². The molecule has 45 heavy (non-hydrogen) atoms. The highest BCUT2D eigenvalue weighted by atomic mass is 32.2. The molecular formula is C34H47N7O3S. The monoisotopic (exact) mass is 633 g/mol. The predicted molar refractivity (Wildman–Crippen MR) is 182 cm³/mol. The molecule has 3 aromatic rings. The number of nitrogens with zero attached hydrogens (tertiary/aromatic N) is 5. The van der Waals surface area contributed by atoms with E-state index in [4.69, 9.17) is 16.2 Å². The van der Waals surface area contributed by atoms with Crippen LogP contribution in [0.4, 0.5) is 22.7 Å². The lowest BCUT2D eigenvalue weighted by atomic mass is 10.0. The number of hydrogen-bond donors (Lipinski definition) is 2. The van der Waals surface area contributed by atoms with Crippen LogP contribution in [0.5, 0.6) is 5.75 Å². The van der Waals surface area contributed by atoms with Crippen molar-refractivity contribution in [2.75, 3.05) is 68.1 Å². The summed E-state index contributed by atoms with van der Waals surface area (Å²) in [5.74, 6) is 0.692. The van der Waals surface area contributed by atoms with E-state index in [2.05, 4.69) is 39.9 Å². The van der Waals surface area contributed by atoms with Crippen molar-refractivity contribution in [3.8, 4) is 5.75 Å². The van der Waals surface area contributed by atoms with Gasteiger partial charge in [0.15, 0.2) is 16.1 Å². The van der Waals surface area contributed by atoms with Crippen LogP contribution in [0.2, 0.25) is 0 Å². The molecular weight excluding hydrogens is 586 g/mol. The van der Waals surface area contributed by atoms with Crippen LogP contribution in [0.1, 0.15) is 38.4 Å². The highest BCUT2D eigenvalue weighted by Gasteiger charge is 2.40. The zero-order valence-electron chi connectivity index (χ0n) is 26.8. The van der Waals surface area contributed by atoms with Gasteiger partial charge in [-0.05, 0) is 64.1 Å². The molecule has 11 heteroatoms. The second-order valence-corrected chi connectivity index (χ2v) is 15.1. The highest BCUT2D eigenvalue weighted by Crippen LogP contribution is 2.46. The Kier molecular flexibility index (Phi) is 9.00. The minimum Gasteiger partial charge on any atom is -0.494 e. The average molecular weight is 634 g/mol. The van der Waals surface area contributed by atoms with Crippen molar-refractivity contribution in [1.82, 2.24) is 9.80 Å². The summed E-state index contributed by atoms with van der Waals surface area (Å²) in [7, 11) is 0.266. The fraction of sp³-hybridized carbons (Fsp3) is 0.471. The summed E-state index contributed by atoms with van der Waals surface area (Å²) < 4.78 is 32.9.